The Morgan fingerprint density at radius 3 is 2.21 bits per heavy atom. The van der Waals surface area contributed by atoms with Crippen molar-refractivity contribution >= 4 is 31.6 Å². The molecule has 156 valence electrons. The lowest BCUT2D eigenvalue weighted by Crippen LogP contribution is -2.50. The maximum absolute atomic E-state index is 12.6. The van der Waals surface area contributed by atoms with Crippen LogP contribution in [0.3, 0.4) is 0 Å². The molecule has 1 aromatic rings. The van der Waals surface area contributed by atoms with Crippen LogP contribution >= 0.6 is 0 Å². The van der Waals surface area contributed by atoms with E-state index >= 15 is 0 Å². The maximum Gasteiger partial charge on any atom is 0.244 e. The molecule has 0 radical (unpaired) electrons. The minimum absolute atomic E-state index is 0.0329. The lowest BCUT2D eigenvalue weighted by molar-refractivity contribution is -0.119. The molecule has 2 heterocycles. The van der Waals surface area contributed by atoms with E-state index < -0.39 is 31.9 Å². The quantitative estimate of drug-likeness (QED) is 0.728. The zero-order chi connectivity index (χ0) is 20.7. The Kier molecular flexibility index (Phi) is 5.61. The Balaban J connectivity index is 1.74. The van der Waals surface area contributed by atoms with Gasteiger partial charge in [0.1, 0.15) is 0 Å². The summed E-state index contributed by atoms with van der Waals surface area (Å²) in [6, 6.07) is 5.36. The number of amides is 1. The summed E-state index contributed by atoms with van der Waals surface area (Å²) in [5.41, 5.74) is -0.138. The average molecular weight is 430 g/mol. The van der Waals surface area contributed by atoms with E-state index in [4.69, 9.17) is 0 Å². The number of sulfonamides is 2. The molecular formula is C18H27N3O5S2. The molecule has 1 atom stereocenters. The summed E-state index contributed by atoms with van der Waals surface area (Å²) in [6.07, 6.45) is 2.24. The third-order valence-corrected chi connectivity index (χ3v) is 8.68. The molecule has 0 bridgehead atoms. The number of carbonyl (C=O) groups excluding carboxylic acids is 1. The van der Waals surface area contributed by atoms with E-state index in [1.165, 1.54) is 24.3 Å². The zero-order valence-corrected chi connectivity index (χ0v) is 18.0. The van der Waals surface area contributed by atoms with E-state index in [1.54, 1.807) is 6.92 Å². The zero-order valence-electron chi connectivity index (χ0n) is 16.4. The smallest absolute Gasteiger partial charge is 0.244 e. The highest BCUT2D eigenvalue weighted by Crippen LogP contribution is 2.29. The minimum Gasteiger partial charge on any atom is -0.297 e. The molecule has 3 rings (SSSR count). The van der Waals surface area contributed by atoms with Gasteiger partial charge in [-0.2, -0.15) is 0 Å². The Morgan fingerprint density at radius 1 is 1.14 bits per heavy atom. The van der Waals surface area contributed by atoms with Gasteiger partial charge >= 0.3 is 0 Å². The van der Waals surface area contributed by atoms with Gasteiger partial charge in [-0.15, -0.1) is 0 Å². The van der Waals surface area contributed by atoms with Gasteiger partial charge in [-0.25, -0.2) is 25.9 Å². The van der Waals surface area contributed by atoms with E-state index in [1.807, 2.05) is 13.8 Å². The fourth-order valence-electron chi connectivity index (χ4n) is 3.64. The lowest BCUT2D eigenvalue weighted by atomic mass is 10.0. The van der Waals surface area contributed by atoms with Crippen molar-refractivity contribution in [2.45, 2.75) is 44.0 Å². The third kappa shape index (κ3) is 4.10. The first kappa shape index (κ1) is 21.2. The van der Waals surface area contributed by atoms with Crippen molar-refractivity contribution in [3.8, 4) is 0 Å². The van der Waals surface area contributed by atoms with Gasteiger partial charge in [0.2, 0.25) is 26.0 Å². The molecule has 2 aliphatic heterocycles. The Hall–Kier alpha value is -1.49. The van der Waals surface area contributed by atoms with Gasteiger partial charge in [-0.05, 0) is 64.0 Å². The number of nitrogens with one attached hydrogen (secondary N) is 1. The highest BCUT2D eigenvalue weighted by molar-refractivity contribution is 7.94. The van der Waals surface area contributed by atoms with Crippen LogP contribution in [0.15, 0.2) is 29.2 Å². The highest BCUT2D eigenvalue weighted by atomic mass is 32.2. The summed E-state index contributed by atoms with van der Waals surface area (Å²) in [7, 11) is -7.46. The molecule has 10 heteroatoms. The van der Waals surface area contributed by atoms with E-state index in [2.05, 4.69) is 9.62 Å². The number of rotatable bonds is 6. The molecule has 8 nitrogen and oxygen atoms in total. The highest BCUT2D eigenvalue weighted by Gasteiger charge is 2.42. The Bertz CT molecular complexity index is 949. The largest absolute Gasteiger partial charge is 0.297 e. The number of anilines is 1. The third-order valence-electron chi connectivity index (χ3n) is 5.40. The second kappa shape index (κ2) is 7.40. The van der Waals surface area contributed by atoms with Crippen molar-refractivity contribution in [1.82, 2.24) is 9.62 Å². The first-order valence-corrected chi connectivity index (χ1v) is 12.4. The van der Waals surface area contributed by atoms with Gasteiger partial charge in [-0.3, -0.25) is 9.69 Å². The van der Waals surface area contributed by atoms with Crippen LogP contribution in [0.5, 0.6) is 0 Å². The molecule has 1 N–H and O–H groups in total. The van der Waals surface area contributed by atoms with Crippen LogP contribution < -0.4 is 9.03 Å². The van der Waals surface area contributed by atoms with E-state index in [9.17, 15) is 21.6 Å². The summed E-state index contributed by atoms with van der Waals surface area (Å²) in [6.45, 7) is 7.77. The minimum atomic E-state index is -3.75. The molecule has 2 saturated heterocycles. The molecule has 1 unspecified atom stereocenters. The van der Waals surface area contributed by atoms with Crippen LogP contribution in [0, 0.1) is 5.92 Å². The molecular weight excluding hydrogens is 402 g/mol. The van der Waals surface area contributed by atoms with Gasteiger partial charge in [0, 0.05) is 12.1 Å². The molecule has 1 aromatic carbocycles. The lowest BCUT2D eigenvalue weighted by Gasteiger charge is -2.35. The van der Waals surface area contributed by atoms with Gasteiger partial charge in [0.15, 0.2) is 0 Å². The molecule has 0 aromatic heterocycles. The molecule has 0 saturated carbocycles. The average Bonchev–Trinajstić information content (AvgIpc) is 3.21. The SMILES string of the molecule is CC1CS(=O)(=O)N(c2ccc(S(=O)(=O)NCC(C)(C)N3CCCC3)cc2)C1=O. The van der Waals surface area contributed by atoms with Gasteiger partial charge in [-0.1, -0.05) is 6.92 Å². The summed E-state index contributed by atoms with van der Waals surface area (Å²) in [5.74, 6) is -1.34. The normalized spacial score (nSPS) is 23.5. The van der Waals surface area contributed by atoms with Crippen molar-refractivity contribution in [3.63, 3.8) is 0 Å². The summed E-state index contributed by atoms with van der Waals surface area (Å²) in [5, 5.41) is 0. The van der Waals surface area contributed by atoms with Crippen LogP contribution in [0.1, 0.15) is 33.6 Å². The number of hydrogen-bond acceptors (Lipinski definition) is 6. The first-order valence-electron chi connectivity index (χ1n) is 9.36. The van der Waals surface area contributed by atoms with E-state index in [0.717, 1.165) is 30.2 Å². The van der Waals surface area contributed by atoms with E-state index in [-0.39, 0.29) is 28.4 Å². The van der Waals surface area contributed by atoms with Crippen LogP contribution in [0.4, 0.5) is 5.69 Å². The first-order chi connectivity index (χ1) is 12.9. The van der Waals surface area contributed by atoms with Crippen LogP contribution in [0.25, 0.3) is 0 Å². The monoisotopic (exact) mass is 429 g/mol. The predicted molar refractivity (Wildman–Crippen MR) is 107 cm³/mol. The van der Waals surface area contributed by atoms with Crippen molar-refractivity contribution in [2.24, 2.45) is 5.92 Å². The molecule has 0 aliphatic carbocycles. The fourth-order valence-corrected chi connectivity index (χ4v) is 6.66. The van der Waals surface area contributed by atoms with Crippen molar-refractivity contribution in [3.05, 3.63) is 24.3 Å². The van der Waals surface area contributed by atoms with Crippen LogP contribution in [-0.4, -0.2) is 58.6 Å². The number of benzene rings is 1. The topological polar surface area (TPSA) is 104 Å². The standard InChI is InChI=1S/C18H27N3O5S2/c1-14-12-27(23,24)21(17(14)22)15-6-8-16(9-7-15)28(25,26)19-13-18(2,3)20-10-4-5-11-20/h6-9,14,19H,4-5,10-13H2,1-3H3. The Morgan fingerprint density at radius 2 is 1.71 bits per heavy atom. The van der Waals surface area contributed by atoms with Crippen molar-refractivity contribution < 1.29 is 21.6 Å². The molecule has 1 amide bonds. The summed E-state index contributed by atoms with van der Waals surface area (Å²) in [4.78, 5) is 14.5. The van der Waals surface area contributed by atoms with Gasteiger partial charge in [0.25, 0.3) is 0 Å². The maximum atomic E-state index is 12.6. The van der Waals surface area contributed by atoms with Gasteiger partial charge < -0.3 is 0 Å². The summed E-state index contributed by atoms with van der Waals surface area (Å²) >= 11 is 0. The number of likely N-dealkylation sites (tertiary alicyclic amines) is 1. The molecule has 2 fully saturated rings. The van der Waals surface area contributed by atoms with E-state index in [0.29, 0.717) is 0 Å². The summed E-state index contributed by atoms with van der Waals surface area (Å²) < 4.78 is 53.0. The van der Waals surface area contributed by atoms with Crippen LogP contribution in [-0.2, 0) is 24.8 Å². The fraction of sp³-hybridized carbons (Fsp3) is 0.611. The second-order valence-electron chi connectivity index (χ2n) is 8.11. The number of nitrogens with zero attached hydrogens (tertiary/aromatic N) is 2. The number of hydrogen-bond donors (Lipinski definition) is 1. The second-order valence-corrected chi connectivity index (χ2v) is 11.7. The number of carbonyl (C=O) groups is 1. The van der Waals surface area contributed by atoms with Gasteiger partial charge in [0.05, 0.1) is 22.3 Å². The predicted octanol–water partition coefficient (Wildman–Crippen LogP) is 1.15. The van der Waals surface area contributed by atoms with Crippen molar-refractivity contribution in [2.75, 3.05) is 29.7 Å². The molecule has 2 aliphatic rings. The van der Waals surface area contributed by atoms with Crippen molar-refractivity contribution in [1.29, 1.82) is 0 Å². The molecule has 0 spiro atoms. The van der Waals surface area contributed by atoms with Crippen LogP contribution in [0.2, 0.25) is 0 Å². The Labute approximate surface area is 167 Å². The molecule has 28 heavy (non-hydrogen) atoms.